The van der Waals surface area contributed by atoms with Crippen LogP contribution in [-0.4, -0.2) is 37.2 Å². The van der Waals surface area contributed by atoms with Gasteiger partial charge in [-0.1, -0.05) is 85.8 Å². The number of cyclic esters (lactones) is 1. The number of benzene rings is 4. The monoisotopic (exact) mass is 565 g/mol. The summed E-state index contributed by atoms with van der Waals surface area (Å²) in [5.41, 5.74) is 3.53. The van der Waals surface area contributed by atoms with Crippen LogP contribution in [0.15, 0.2) is 103 Å². The fraction of sp³-hybridized carbons (Fsp3) is 0.257. The van der Waals surface area contributed by atoms with E-state index in [9.17, 15) is 9.59 Å². The molecule has 5 rings (SSSR count). The molecule has 1 heterocycles. The third-order valence-corrected chi connectivity index (χ3v) is 7.27. The van der Waals surface area contributed by atoms with Gasteiger partial charge in [0.15, 0.2) is 0 Å². The first-order chi connectivity index (χ1) is 20.6. The highest BCUT2D eigenvalue weighted by atomic mass is 16.6. The van der Waals surface area contributed by atoms with Crippen LogP contribution in [0.5, 0.6) is 17.2 Å². The number of rotatable bonds is 12. The van der Waals surface area contributed by atoms with Gasteiger partial charge in [-0.25, -0.2) is 9.69 Å². The van der Waals surface area contributed by atoms with Crippen molar-refractivity contribution in [1.82, 2.24) is 4.90 Å². The summed E-state index contributed by atoms with van der Waals surface area (Å²) in [4.78, 5) is 28.1. The van der Waals surface area contributed by atoms with Crippen LogP contribution in [0, 0.1) is 0 Å². The second-order valence-electron chi connectivity index (χ2n) is 10.1. The van der Waals surface area contributed by atoms with E-state index in [2.05, 4.69) is 6.92 Å². The summed E-state index contributed by atoms with van der Waals surface area (Å²) in [7, 11) is 1.61. The lowest BCUT2D eigenvalue weighted by Crippen LogP contribution is -2.35. The first-order valence-electron chi connectivity index (χ1n) is 14.2. The zero-order valence-electron chi connectivity index (χ0n) is 23.9. The maximum atomic E-state index is 14.0. The molecule has 1 saturated heterocycles. The molecule has 7 nitrogen and oxygen atoms in total. The molecule has 216 valence electrons. The Balaban J connectivity index is 1.52. The zero-order chi connectivity index (χ0) is 29.3. The Morgan fingerprint density at radius 1 is 0.905 bits per heavy atom. The summed E-state index contributed by atoms with van der Waals surface area (Å²) < 4.78 is 23.2. The second-order valence-corrected chi connectivity index (χ2v) is 10.1. The van der Waals surface area contributed by atoms with Crippen molar-refractivity contribution >= 4 is 12.0 Å². The van der Waals surface area contributed by atoms with Gasteiger partial charge in [-0.3, -0.25) is 4.79 Å². The number of methoxy groups -OCH3 is 1. The molecule has 1 aliphatic heterocycles. The highest BCUT2D eigenvalue weighted by Gasteiger charge is 2.40. The van der Waals surface area contributed by atoms with E-state index in [1.54, 1.807) is 7.11 Å². The van der Waals surface area contributed by atoms with Crippen molar-refractivity contribution in [2.75, 3.05) is 20.3 Å². The minimum Gasteiger partial charge on any atom is -0.497 e. The maximum absolute atomic E-state index is 14.0. The van der Waals surface area contributed by atoms with E-state index in [0.717, 1.165) is 34.4 Å². The summed E-state index contributed by atoms with van der Waals surface area (Å²) in [5.74, 6) is 1.18. The average Bonchev–Trinajstić information content (AvgIpc) is 3.44. The standard InChI is InChI=1S/C35H35NO6/c1-3-19-40-29-16-10-15-27(20-29)31(22-34(37)36-32(24-42-35(36)38)26-13-8-5-9-14-26)30-18-17-28(39-2)21-33(30)41-23-25-11-6-4-7-12-25/h4-18,20-21,31-32H,3,19,22-24H2,1-2H3/t31-,32+/m0/s1. The highest BCUT2D eigenvalue weighted by Crippen LogP contribution is 2.40. The van der Waals surface area contributed by atoms with Crippen LogP contribution in [-0.2, 0) is 16.1 Å². The van der Waals surface area contributed by atoms with E-state index in [-0.39, 0.29) is 18.9 Å². The van der Waals surface area contributed by atoms with Gasteiger partial charge in [-0.05, 0) is 41.3 Å². The molecule has 1 fully saturated rings. The fourth-order valence-electron chi connectivity index (χ4n) is 5.13. The lowest BCUT2D eigenvalue weighted by Gasteiger charge is -2.25. The molecule has 0 aromatic heterocycles. The van der Waals surface area contributed by atoms with Gasteiger partial charge in [0.2, 0.25) is 5.91 Å². The number of hydrogen-bond acceptors (Lipinski definition) is 6. The van der Waals surface area contributed by atoms with E-state index in [1.165, 1.54) is 4.90 Å². The summed E-state index contributed by atoms with van der Waals surface area (Å²) in [6, 6.07) is 32.2. The van der Waals surface area contributed by atoms with Gasteiger partial charge in [-0.2, -0.15) is 0 Å². The van der Waals surface area contributed by atoms with Gasteiger partial charge in [0.1, 0.15) is 36.5 Å². The summed E-state index contributed by atoms with van der Waals surface area (Å²) in [6.07, 6.45) is 0.256. The van der Waals surface area contributed by atoms with E-state index < -0.39 is 18.1 Å². The number of imide groups is 1. The van der Waals surface area contributed by atoms with E-state index >= 15 is 0 Å². The quantitative estimate of drug-likeness (QED) is 0.179. The van der Waals surface area contributed by atoms with E-state index in [1.807, 2.05) is 103 Å². The summed E-state index contributed by atoms with van der Waals surface area (Å²) in [6.45, 7) is 3.10. The topological polar surface area (TPSA) is 74.3 Å². The first-order valence-corrected chi connectivity index (χ1v) is 14.2. The SMILES string of the molecule is CCCOc1cccc([C@H](CC(=O)N2C(=O)OC[C@@H]2c2ccccc2)c2ccc(OC)cc2OCc2ccccc2)c1. The Morgan fingerprint density at radius 3 is 2.40 bits per heavy atom. The molecular weight excluding hydrogens is 530 g/mol. The normalized spacial score (nSPS) is 15.1. The van der Waals surface area contributed by atoms with Crippen molar-refractivity contribution in [3.63, 3.8) is 0 Å². The van der Waals surface area contributed by atoms with Crippen molar-refractivity contribution in [1.29, 1.82) is 0 Å². The van der Waals surface area contributed by atoms with Crippen LogP contribution in [0.1, 0.15) is 54.0 Å². The largest absolute Gasteiger partial charge is 0.497 e. The molecule has 2 amide bonds. The third kappa shape index (κ3) is 6.74. The Bertz CT molecular complexity index is 1490. The van der Waals surface area contributed by atoms with Crippen molar-refractivity contribution in [3.8, 4) is 17.2 Å². The van der Waals surface area contributed by atoms with Gasteiger partial charge >= 0.3 is 6.09 Å². The predicted molar refractivity (Wildman–Crippen MR) is 160 cm³/mol. The zero-order valence-corrected chi connectivity index (χ0v) is 23.9. The molecule has 0 unspecified atom stereocenters. The van der Waals surface area contributed by atoms with Crippen molar-refractivity contribution in [2.24, 2.45) is 0 Å². The minimum atomic E-state index is -0.636. The Kier molecular flexibility index (Phi) is 9.39. The smallest absolute Gasteiger partial charge is 0.417 e. The molecule has 2 atom stereocenters. The highest BCUT2D eigenvalue weighted by molar-refractivity contribution is 5.94. The second kappa shape index (κ2) is 13.7. The van der Waals surface area contributed by atoms with E-state index in [0.29, 0.717) is 24.7 Å². The number of amides is 2. The van der Waals surface area contributed by atoms with Crippen LogP contribution < -0.4 is 14.2 Å². The van der Waals surface area contributed by atoms with Crippen LogP contribution in [0.4, 0.5) is 4.79 Å². The maximum Gasteiger partial charge on any atom is 0.417 e. The average molecular weight is 566 g/mol. The van der Waals surface area contributed by atoms with Crippen LogP contribution >= 0.6 is 0 Å². The van der Waals surface area contributed by atoms with Gasteiger partial charge in [-0.15, -0.1) is 0 Å². The summed E-state index contributed by atoms with van der Waals surface area (Å²) >= 11 is 0. The van der Waals surface area contributed by atoms with Crippen molar-refractivity contribution in [2.45, 2.75) is 38.3 Å². The Hall–Kier alpha value is -4.78. The number of ether oxygens (including phenoxy) is 4. The Morgan fingerprint density at radius 2 is 1.67 bits per heavy atom. The van der Waals surface area contributed by atoms with Gasteiger partial charge in [0.05, 0.1) is 13.7 Å². The predicted octanol–water partition coefficient (Wildman–Crippen LogP) is 7.31. The molecule has 0 aliphatic carbocycles. The van der Waals surface area contributed by atoms with Crippen molar-refractivity contribution < 1.29 is 28.5 Å². The van der Waals surface area contributed by atoms with Crippen LogP contribution in [0.25, 0.3) is 0 Å². The molecule has 42 heavy (non-hydrogen) atoms. The first kappa shape index (κ1) is 28.7. The summed E-state index contributed by atoms with van der Waals surface area (Å²) in [5, 5.41) is 0. The number of hydrogen-bond donors (Lipinski definition) is 0. The molecule has 0 spiro atoms. The van der Waals surface area contributed by atoms with Crippen molar-refractivity contribution in [3.05, 3.63) is 125 Å². The van der Waals surface area contributed by atoms with Gasteiger partial charge in [0, 0.05) is 24.0 Å². The fourth-order valence-corrected chi connectivity index (χ4v) is 5.13. The molecule has 0 N–H and O–H groups in total. The molecule has 4 aromatic carbocycles. The number of nitrogens with zero attached hydrogens (tertiary/aromatic N) is 1. The van der Waals surface area contributed by atoms with Crippen LogP contribution in [0.3, 0.4) is 0 Å². The molecular formula is C35H35NO6. The lowest BCUT2D eigenvalue weighted by molar-refractivity contribution is -0.129. The third-order valence-electron chi connectivity index (χ3n) is 7.27. The molecule has 1 aliphatic rings. The lowest BCUT2D eigenvalue weighted by atomic mass is 9.87. The molecule has 7 heteroatoms. The minimum absolute atomic E-state index is 0.0176. The number of carbonyl (C=O) groups is 2. The molecule has 4 aromatic rings. The van der Waals surface area contributed by atoms with Crippen LogP contribution in [0.2, 0.25) is 0 Å². The molecule has 0 bridgehead atoms. The van der Waals surface area contributed by atoms with Gasteiger partial charge in [0.25, 0.3) is 0 Å². The molecule has 0 radical (unpaired) electrons. The Labute approximate surface area is 246 Å². The number of carbonyl (C=O) groups excluding carboxylic acids is 2. The molecule has 0 saturated carbocycles. The van der Waals surface area contributed by atoms with Gasteiger partial charge < -0.3 is 18.9 Å². The van der Waals surface area contributed by atoms with E-state index in [4.69, 9.17) is 18.9 Å².